The maximum atomic E-state index is 12.7. The Labute approximate surface area is 124 Å². The van der Waals surface area contributed by atoms with Gasteiger partial charge in [0.15, 0.2) is 0 Å². The highest BCUT2D eigenvalue weighted by molar-refractivity contribution is 7.89. The van der Waals surface area contributed by atoms with Gasteiger partial charge in [-0.25, -0.2) is 8.42 Å². The lowest BCUT2D eigenvalue weighted by molar-refractivity contribution is 0.0752. The Hall–Kier alpha value is -0.660. The Morgan fingerprint density at radius 1 is 1.50 bits per heavy atom. The fourth-order valence-electron chi connectivity index (χ4n) is 2.19. The molecule has 112 valence electrons. The van der Waals surface area contributed by atoms with Gasteiger partial charge in [0.1, 0.15) is 0 Å². The summed E-state index contributed by atoms with van der Waals surface area (Å²) < 4.78 is 32.3. The van der Waals surface area contributed by atoms with Gasteiger partial charge in [-0.05, 0) is 37.1 Å². The average Bonchev–Trinajstić information content (AvgIpc) is 2.64. The molecular formula is C13H19ClN2O3S. The fraction of sp³-hybridized carbons (Fsp3) is 0.538. The number of benzene rings is 1. The van der Waals surface area contributed by atoms with E-state index >= 15 is 0 Å². The molecule has 2 rings (SSSR count). The second-order valence-electron chi connectivity index (χ2n) is 4.86. The predicted octanol–water partition coefficient (Wildman–Crippen LogP) is 1.60. The molecule has 0 amide bonds. The number of rotatable bonds is 3. The zero-order valence-electron chi connectivity index (χ0n) is 11.4. The largest absolute Gasteiger partial charge is 0.377 e. The minimum atomic E-state index is -3.53. The van der Waals surface area contributed by atoms with Gasteiger partial charge in [0, 0.05) is 31.3 Å². The molecule has 7 heteroatoms. The lowest BCUT2D eigenvalue weighted by atomic mass is 10.2. The molecule has 0 aliphatic carbocycles. The summed E-state index contributed by atoms with van der Waals surface area (Å²) in [6.07, 6.45) is 0.592. The minimum absolute atomic E-state index is 0.103. The van der Waals surface area contributed by atoms with E-state index in [4.69, 9.17) is 22.1 Å². The van der Waals surface area contributed by atoms with Gasteiger partial charge in [0.05, 0.1) is 11.0 Å². The van der Waals surface area contributed by atoms with Crippen molar-refractivity contribution in [3.63, 3.8) is 0 Å². The Morgan fingerprint density at radius 2 is 2.25 bits per heavy atom. The maximum Gasteiger partial charge on any atom is 0.243 e. The normalized spacial score (nSPS) is 21.6. The molecule has 0 radical (unpaired) electrons. The standard InChI is InChI=1S/C13H19ClN2O3S/c1-10-9-16(5-2-6-19-10)20(17,18)12-3-4-13(14)11(7-12)8-15/h3-4,7,10H,2,5-6,8-9,15H2,1H3. The summed E-state index contributed by atoms with van der Waals surface area (Å²) in [6.45, 7) is 3.50. The Morgan fingerprint density at radius 3 is 2.95 bits per heavy atom. The van der Waals surface area contributed by atoms with Crippen molar-refractivity contribution in [2.24, 2.45) is 5.73 Å². The molecule has 1 atom stereocenters. The molecule has 1 unspecified atom stereocenters. The highest BCUT2D eigenvalue weighted by atomic mass is 35.5. The van der Waals surface area contributed by atoms with E-state index in [1.165, 1.54) is 10.4 Å². The third-order valence-electron chi connectivity index (χ3n) is 3.29. The molecule has 0 aromatic heterocycles. The Kier molecular flexibility index (Phi) is 5.04. The molecule has 1 aromatic rings. The van der Waals surface area contributed by atoms with Crippen LogP contribution in [0.3, 0.4) is 0 Å². The second-order valence-corrected chi connectivity index (χ2v) is 7.20. The van der Waals surface area contributed by atoms with Crippen LogP contribution in [0.4, 0.5) is 0 Å². The molecule has 0 saturated carbocycles. The molecule has 20 heavy (non-hydrogen) atoms. The average molecular weight is 319 g/mol. The van der Waals surface area contributed by atoms with E-state index in [1.54, 1.807) is 12.1 Å². The molecule has 1 aliphatic rings. The van der Waals surface area contributed by atoms with Crippen LogP contribution in [0.2, 0.25) is 5.02 Å². The fourth-order valence-corrected chi connectivity index (χ4v) is 3.99. The van der Waals surface area contributed by atoms with Crippen molar-refractivity contribution >= 4 is 21.6 Å². The van der Waals surface area contributed by atoms with Crippen molar-refractivity contribution in [2.45, 2.75) is 30.9 Å². The van der Waals surface area contributed by atoms with Crippen LogP contribution in [-0.4, -0.2) is 38.5 Å². The lowest BCUT2D eigenvalue weighted by Gasteiger charge is -2.22. The monoisotopic (exact) mass is 318 g/mol. The highest BCUT2D eigenvalue weighted by Crippen LogP contribution is 2.24. The third kappa shape index (κ3) is 3.32. The first-order valence-electron chi connectivity index (χ1n) is 6.55. The summed E-state index contributed by atoms with van der Waals surface area (Å²) in [5.41, 5.74) is 6.21. The molecule has 1 saturated heterocycles. The maximum absolute atomic E-state index is 12.7. The zero-order chi connectivity index (χ0) is 14.8. The molecule has 1 aliphatic heterocycles. The Balaban J connectivity index is 2.33. The smallest absolute Gasteiger partial charge is 0.243 e. The first-order valence-corrected chi connectivity index (χ1v) is 8.37. The lowest BCUT2D eigenvalue weighted by Crippen LogP contribution is -2.36. The van der Waals surface area contributed by atoms with Crippen molar-refractivity contribution in [1.82, 2.24) is 4.31 Å². The number of halogens is 1. The van der Waals surface area contributed by atoms with Gasteiger partial charge in [0.2, 0.25) is 10.0 Å². The van der Waals surface area contributed by atoms with Gasteiger partial charge in [-0.2, -0.15) is 4.31 Å². The quantitative estimate of drug-likeness (QED) is 0.918. The van der Waals surface area contributed by atoms with Crippen LogP contribution < -0.4 is 5.73 Å². The summed E-state index contributed by atoms with van der Waals surface area (Å²) >= 11 is 5.97. The van der Waals surface area contributed by atoms with Crippen LogP contribution in [0, 0.1) is 0 Å². The first kappa shape index (κ1) is 15.7. The van der Waals surface area contributed by atoms with E-state index in [0.717, 1.165) is 0 Å². The summed E-state index contributed by atoms with van der Waals surface area (Å²) in [4.78, 5) is 0.233. The number of hydrogen-bond donors (Lipinski definition) is 1. The van der Waals surface area contributed by atoms with Crippen LogP contribution in [0.15, 0.2) is 23.1 Å². The van der Waals surface area contributed by atoms with Crippen LogP contribution >= 0.6 is 11.6 Å². The molecule has 0 spiro atoms. The Bertz CT molecular complexity index is 577. The van der Waals surface area contributed by atoms with Crippen LogP contribution in [0.1, 0.15) is 18.9 Å². The predicted molar refractivity (Wildman–Crippen MR) is 78.1 cm³/mol. The molecule has 1 heterocycles. The van der Waals surface area contributed by atoms with Crippen molar-refractivity contribution < 1.29 is 13.2 Å². The second kappa shape index (κ2) is 6.41. The van der Waals surface area contributed by atoms with Gasteiger partial charge in [-0.3, -0.25) is 0 Å². The van der Waals surface area contributed by atoms with E-state index in [1.807, 2.05) is 6.92 Å². The van der Waals surface area contributed by atoms with E-state index in [2.05, 4.69) is 0 Å². The molecule has 5 nitrogen and oxygen atoms in total. The molecule has 1 fully saturated rings. The van der Waals surface area contributed by atoms with E-state index in [0.29, 0.717) is 36.7 Å². The minimum Gasteiger partial charge on any atom is -0.377 e. The summed E-state index contributed by atoms with van der Waals surface area (Å²) in [6, 6.07) is 4.65. The van der Waals surface area contributed by atoms with Crippen LogP contribution in [0.25, 0.3) is 0 Å². The topological polar surface area (TPSA) is 72.6 Å². The van der Waals surface area contributed by atoms with E-state index in [-0.39, 0.29) is 17.5 Å². The van der Waals surface area contributed by atoms with Gasteiger partial charge in [0.25, 0.3) is 0 Å². The van der Waals surface area contributed by atoms with Crippen LogP contribution in [-0.2, 0) is 21.3 Å². The number of nitrogens with two attached hydrogens (primary N) is 1. The summed E-state index contributed by atoms with van der Waals surface area (Å²) in [5, 5.41) is 0.485. The number of ether oxygens (including phenoxy) is 1. The zero-order valence-corrected chi connectivity index (χ0v) is 13.0. The molecule has 0 bridgehead atoms. The molecule has 2 N–H and O–H groups in total. The van der Waals surface area contributed by atoms with Crippen molar-refractivity contribution in [1.29, 1.82) is 0 Å². The van der Waals surface area contributed by atoms with E-state index in [9.17, 15) is 8.42 Å². The highest BCUT2D eigenvalue weighted by Gasteiger charge is 2.28. The summed E-state index contributed by atoms with van der Waals surface area (Å²) in [5.74, 6) is 0. The molecule has 1 aromatic carbocycles. The first-order chi connectivity index (χ1) is 9.45. The third-order valence-corrected chi connectivity index (χ3v) is 5.52. The van der Waals surface area contributed by atoms with E-state index < -0.39 is 10.0 Å². The summed E-state index contributed by atoms with van der Waals surface area (Å²) in [7, 11) is -3.53. The SMILES string of the molecule is CC1CN(S(=O)(=O)c2ccc(Cl)c(CN)c2)CCCO1. The molecular weight excluding hydrogens is 300 g/mol. The number of sulfonamides is 1. The number of nitrogens with zero attached hydrogens (tertiary/aromatic N) is 1. The van der Waals surface area contributed by atoms with Crippen molar-refractivity contribution in [2.75, 3.05) is 19.7 Å². The van der Waals surface area contributed by atoms with Crippen molar-refractivity contribution in [3.05, 3.63) is 28.8 Å². The van der Waals surface area contributed by atoms with Gasteiger partial charge in [-0.15, -0.1) is 0 Å². The van der Waals surface area contributed by atoms with Gasteiger partial charge in [-0.1, -0.05) is 11.6 Å². The van der Waals surface area contributed by atoms with Crippen LogP contribution in [0.5, 0.6) is 0 Å². The van der Waals surface area contributed by atoms with Gasteiger partial charge < -0.3 is 10.5 Å². The number of hydrogen-bond acceptors (Lipinski definition) is 4. The van der Waals surface area contributed by atoms with Crippen molar-refractivity contribution in [3.8, 4) is 0 Å². The van der Waals surface area contributed by atoms with Gasteiger partial charge >= 0.3 is 0 Å².